The van der Waals surface area contributed by atoms with Gasteiger partial charge in [-0.05, 0) is 96.7 Å². The van der Waals surface area contributed by atoms with Gasteiger partial charge < -0.3 is 14.8 Å². The van der Waals surface area contributed by atoms with Gasteiger partial charge in [-0.15, -0.1) is 0 Å². The number of rotatable bonds is 10. The lowest BCUT2D eigenvalue weighted by atomic mass is 10.0. The van der Waals surface area contributed by atoms with Crippen LogP contribution in [-0.4, -0.2) is 52.2 Å². The van der Waals surface area contributed by atoms with E-state index in [9.17, 15) is 14.4 Å². The standard InChI is InChI=1S/C33H40Cl2N4O5/c1-32(2,3)43-30(41)26(38-29(40)28-24(34)14-10-15-25(28)35)19-21-17-18-22(36-20-21)11-8-12-23-13-9-16-27(37-23)39(7)31(42)44-33(4,5)6/h9-10,13-18,20,26H,8,11-12,19H2,1-7H3,(H,38,40)/t26-/m0/s1. The number of anilines is 1. The van der Waals surface area contributed by atoms with Crippen LogP contribution in [0.4, 0.5) is 10.6 Å². The molecule has 1 atom stereocenters. The number of aryl methyl sites for hydroxylation is 2. The lowest BCUT2D eigenvalue weighted by molar-refractivity contribution is -0.157. The molecule has 0 saturated heterocycles. The van der Waals surface area contributed by atoms with E-state index >= 15 is 0 Å². The summed E-state index contributed by atoms with van der Waals surface area (Å²) in [4.78, 5) is 49.1. The van der Waals surface area contributed by atoms with Gasteiger partial charge in [-0.1, -0.05) is 41.4 Å². The molecule has 11 heteroatoms. The highest BCUT2D eigenvalue weighted by molar-refractivity contribution is 6.39. The molecular weight excluding hydrogens is 603 g/mol. The zero-order chi connectivity index (χ0) is 32.7. The molecule has 0 spiro atoms. The van der Waals surface area contributed by atoms with Crippen molar-refractivity contribution in [1.29, 1.82) is 0 Å². The highest BCUT2D eigenvalue weighted by Gasteiger charge is 2.29. The molecule has 2 heterocycles. The maximum absolute atomic E-state index is 13.1. The molecule has 3 aromatic rings. The van der Waals surface area contributed by atoms with Crippen LogP contribution in [0.15, 0.2) is 54.7 Å². The Bertz CT molecular complexity index is 1450. The van der Waals surface area contributed by atoms with Crippen molar-refractivity contribution in [2.24, 2.45) is 0 Å². The number of pyridine rings is 2. The van der Waals surface area contributed by atoms with E-state index in [-0.39, 0.29) is 22.0 Å². The van der Waals surface area contributed by atoms with Crippen molar-refractivity contribution in [3.63, 3.8) is 0 Å². The first-order valence-electron chi connectivity index (χ1n) is 14.4. The van der Waals surface area contributed by atoms with Crippen LogP contribution in [0.2, 0.25) is 10.0 Å². The minimum atomic E-state index is -0.987. The fourth-order valence-corrected chi connectivity index (χ4v) is 4.71. The van der Waals surface area contributed by atoms with Gasteiger partial charge in [0.05, 0.1) is 15.6 Å². The molecule has 0 fully saturated rings. The molecule has 236 valence electrons. The number of nitrogens with zero attached hydrogens (tertiary/aromatic N) is 3. The number of nitrogens with one attached hydrogen (secondary N) is 1. The van der Waals surface area contributed by atoms with E-state index in [1.54, 1.807) is 58.3 Å². The number of hydrogen-bond donors (Lipinski definition) is 1. The summed E-state index contributed by atoms with van der Waals surface area (Å²) < 4.78 is 11.0. The first kappa shape index (κ1) is 34.8. The van der Waals surface area contributed by atoms with Gasteiger partial charge in [0.2, 0.25) is 0 Å². The average molecular weight is 644 g/mol. The van der Waals surface area contributed by atoms with E-state index in [1.807, 2.05) is 45.0 Å². The van der Waals surface area contributed by atoms with Crippen molar-refractivity contribution >= 4 is 47.0 Å². The van der Waals surface area contributed by atoms with Crippen LogP contribution < -0.4 is 10.2 Å². The molecule has 0 aliphatic rings. The van der Waals surface area contributed by atoms with E-state index in [4.69, 9.17) is 32.7 Å². The van der Waals surface area contributed by atoms with Crippen LogP contribution in [0.25, 0.3) is 0 Å². The lowest BCUT2D eigenvalue weighted by Gasteiger charge is -2.25. The monoisotopic (exact) mass is 642 g/mol. The van der Waals surface area contributed by atoms with Crippen molar-refractivity contribution in [3.05, 3.63) is 87.3 Å². The number of halogens is 2. The fourth-order valence-electron chi connectivity index (χ4n) is 4.14. The zero-order valence-electron chi connectivity index (χ0n) is 26.2. The molecular formula is C33H40Cl2N4O5. The summed E-state index contributed by atoms with van der Waals surface area (Å²) in [5.74, 6) is -0.635. The van der Waals surface area contributed by atoms with Crippen LogP contribution in [0.1, 0.15) is 75.3 Å². The van der Waals surface area contributed by atoms with Crippen molar-refractivity contribution in [2.45, 2.75) is 84.5 Å². The van der Waals surface area contributed by atoms with Crippen LogP contribution in [0.3, 0.4) is 0 Å². The molecule has 3 rings (SSSR count). The van der Waals surface area contributed by atoms with Gasteiger partial charge >= 0.3 is 12.1 Å². The second-order valence-corrected chi connectivity index (χ2v) is 13.2. The summed E-state index contributed by atoms with van der Waals surface area (Å²) in [6.45, 7) is 10.7. The summed E-state index contributed by atoms with van der Waals surface area (Å²) in [7, 11) is 1.64. The second kappa shape index (κ2) is 14.9. The third-order valence-electron chi connectivity index (χ3n) is 6.18. The second-order valence-electron chi connectivity index (χ2n) is 12.4. The van der Waals surface area contributed by atoms with Crippen molar-refractivity contribution in [2.75, 3.05) is 11.9 Å². The van der Waals surface area contributed by atoms with Crippen molar-refractivity contribution < 1.29 is 23.9 Å². The van der Waals surface area contributed by atoms with Gasteiger partial charge in [-0.2, -0.15) is 0 Å². The molecule has 0 aliphatic carbocycles. The van der Waals surface area contributed by atoms with Gasteiger partial charge in [-0.3, -0.25) is 14.7 Å². The zero-order valence-corrected chi connectivity index (χ0v) is 27.8. The Morgan fingerprint density at radius 1 is 0.864 bits per heavy atom. The van der Waals surface area contributed by atoms with Crippen molar-refractivity contribution in [3.8, 4) is 0 Å². The summed E-state index contributed by atoms with van der Waals surface area (Å²) in [6.07, 6.45) is 3.57. The number of hydrogen-bond acceptors (Lipinski definition) is 7. The van der Waals surface area contributed by atoms with E-state index in [0.29, 0.717) is 18.7 Å². The number of benzene rings is 1. The number of esters is 1. The van der Waals surface area contributed by atoms with E-state index in [0.717, 1.165) is 23.4 Å². The summed E-state index contributed by atoms with van der Waals surface area (Å²) in [5, 5.41) is 3.10. The van der Waals surface area contributed by atoms with E-state index in [2.05, 4.69) is 15.3 Å². The molecule has 0 saturated carbocycles. The SMILES string of the molecule is CN(C(=O)OC(C)(C)C)c1cccc(CCCc2ccc(C[C@H](NC(=O)c3c(Cl)cccc3Cl)C(=O)OC(C)(C)C)cn2)n1. The Balaban J connectivity index is 1.63. The molecule has 2 amide bonds. The van der Waals surface area contributed by atoms with E-state index < -0.39 is 35.2 Å². The number of carbonyl (C=O) groups is 3. The molecule has 44 heavy (non-hydrogen) atoms. The van der Waals surface area contributed by atoms with Crippen molar-refractivity contribution in [1.82, 2.24) is 15.3 Å². The van der Waals surface area contributed by atoms with Gasteiger partial charge in [-0.25, -0.2) is 14.6 Å². The number of amides is 2. The molecule has 9 nitrogen and oxygen atoms in total. The van der Waals surface area contributed by atoms with E-state index in [1.165, 1.54) is 4.90 Å². The van der Waals surface area contributed by atoms with Crippen LogP contribution in [0.5, 0.6) is 0 Å². The molecule has 2 aromatic heterocycles. The summed E-state index contributed by atoms with van der Waals surface area (Å²) >= 11 is 12.4. The Morgan fingerprint density at radius 2 is 1.48 bits per heavy atom. The van der Waals surface area contributed by atoms with Crippen LogP contribution in [-0.2, 0) is 33.5 Å². The first-order chi connectivity index (χ1) is 20.5. The fraction of sp³-hybridized carbons (Fsp3) is 0.424. The summed E-state index contributed by atoms with van der Waals surface area (Å²) in [6, 6.07) is 13.1. The Hall–Kier alpha value is -3.69. The molecule has 0 radical (unpaired) electrons. The number of aromatic nitrogens is 2. The third-order valence-corrected chi connectivity index (χ3v) is 6.81. The molecule has 0 unspecified atom stereocenters. The minimum absolute atomic E-state index is 0.0920. The van der Waals surface area contributed by atoms with Crippen LogP contribution >= 0.6 is 23.2 Å². The number of ether oxygens (including phenoxy) is 2. The maximum Gasteiger partial charge on any atom is 0.415 e. The number of carbonyl (C=O) groups excluding carboxylic acids is 3. The van der Waals surface area contributed by atoms with Gasteiger partial charge in [0, 0.05) is 31.1 Å². The Labute approximate surface area is 269 Å². The normalized spacial score (nSPS) is 12.3. The van der Waals surface area contributed by atoms with Gasteiger partial charge in [0.15, 0.2) is 0 Å². The summed E-state index contributed by atoms with van der Waals surface area (Å²) in [5.41, 5.74) is 1.22. The first-order valence-corrected chi connectivity index (χ1v) is 15.1. The van der Waals surface area contributed by atoms with Gasteiger partial charge in [0.25, 0.3) is 5.91 Å². The maximum atomic E-state index is 13.1. The quantitative estimate of drug-likeness (QED) is 0.237. The van der Waals surface area contributed by atoms with Crippen LogP contribution in [0, 0.1) is 0 Å². The highest BCUT2D eigenvalue weighted by atomic mass is 35.5. The largest absolute Gasteiger partial charge is 0.458 e. The third kappa shape index (κ3) is 10.8. The average Bonchev–Trinajstić information content (AvgIpc) is 2.91. The Kier molecular flexibility index (Phi) is 11.8. The molecule has 1 N–H and O–H groups in total. The predicted molar refractivity (Wildman–Crippen MR) is 172 cm³/mol. The highest BCUT2D eigenvalue weighted by Crippen LogP contribution is 2.24. The Morgan fingerprint density at radius 3 is 2.07 bits per heavy atom. The smallest absolute Gasteiger partial charge is 0.415 e. The molecule has 0 aliphatic heterocycles. The molecule has 1 aromatic carbocycles. The topological polar surface area (TPSA) is 111 Å². The minimum Gasteiger partial charge on any atom is -0.458 e. The predicted octanol–water partition coefficient (Wildman–Crippen LogP) is 7.01. The molecule has 0 bridgehead atoms. The lowest BCUT2D eigenvalue weighted by Crippen LogP contribution is -2.45. The van der Waals surface area contributed by atoms with Gasteiger partial charge in [0.1, 0.15) is 23.1 Å².